The summed E-state index contributed by atoms with van der Waals surface area (Å²) in [4.78, 5) is 4.41. The minimum Gasteiger partial charge on any atom is -0.504 e. The largest absolute Gasteiger partial charge is 0.504 e. The summed E-state index contributed by atoms with van der Waals surface area (Å²) in [7, 11) is 1.50. The lowest BCUT2D eigenvalue weighted by atomic mass is 10.2. The molecule has 1 aromatic heterocycles. The summed E-state index contributed by atoms with van der Waals surface area (Å²) >= 11 is 4.88. The number of ether oxygens (including phenoxy) is 1. The van der Waals surface area contributed by atoms with Crippen molar-refractivity contribution in [2.45, 2.75) is 0 Å². The Morgan fingerprint density at radius 1 is 1.36 bits per heavy atom. The van der Waals surface area contributed by atoms with Gasteiger partial charge < -0.3 is 9.84 Å². The number of halogens is 1. The maximum absolute atomic E-state index is 10.0. The van der Waals surface area contributed by atoms with Gasteiger partial charge in [0.25, 0.3) is 0 Å². The normalized spacial score (nSPS) is 11.2. The second-order valence-corrected chi connectivity index (χ2v) is 6.35. The molecule has 0 radical (unpaired) electrons. The average molecular weight is 378 g/mol. The zero-order valence-electron chi connectivity index (χ0n) is 11.6. The van der Waals surface area contributed by atoms with Crippen LogP contribution >= 0.6 is 27.3 Å². The highest BCUT2D eigenvalue weighted by atomic mass is 79.9. The van der Waals surface area contributed by atoms with Gasteiger partial charge in [0.05, 0.1) is 23.5 Å². The quantitative estimate of drug-likeness (QED) is 0.527. The van der Waals surface area contributed by atoms with Crippen molar-refractivity contribution in [1.82, 2.24) is 4.98 Å². The lowest BCUT2D eigenvalue weighted by Crippen LogP contribution is -1.92. The Kier molecular flexibility index (Phi) is 4.26. The molecule has 0 aliphatic heterocycles. The van der Waals surface area contributed by atoms with Gasteiger partial charge in [0.15, 0.2) is 11.5 Å². The molecule has 2 aromatic carbocycles. The summed E-state index contributed by atoms with van der Waals surface area (Å²) in [6.07, 6.45) is 1.52. The summed E-state index contributed by atoms with van der Waals surface area (Å²) < 4.78 is 6.98. The minimum absolute atomic E-state index is 0.0422. The van der Waals surface area contributed by atoms with Crippen molar-refractivity contribution < 1.29 is 9.84 Å². The topological polar surface area (TPSA) is 66.7 Å². The van der Waals surface area contributed by atoms with Gasteiger partial charge in [0.1, 0.15) is 0 Å². The fourth-order valence-electron chi connectivity index (χ4n) is 1.93. The third-order valence-corrected chi connectivity index (χ3v) is 4.35. The van der Waals surface area contributed by atoms with Crippen molar-refractivity contribution in [3.05, 3.63) is 46.4 Å². The van der Waals surface area contributed by atoms with E-state index >= 15 is 0 Å². The van der Waals surface area contributed by atoms with E-state index in [2.05, 4.69) is 31.4 Å². The molecule has 0 aliphatic rings. The zero-order chi connectivity index (χ0) is 15.5. The molecule has 0 atom stereocenters. The molecule has 7 heteroatoms. The number of rotatable bonds is 4. The van der Waals surface area contributed by atoms with E-state index < -0.39 is 0 Å². The SMILES string of the molecule is COc1cc(Br)cc(/C=N\Nc2nc3ccccc3s2)c1O. The number of methoxy groups -OCH3 is 1. The first-order valence-electron chi connectivity index (χ1n) is 6.38. The highest BCUT2D eigenvalue weighted by Crippen LogP contribution is 2.32. The van der Waals surface area contributed by atoms with Crippen molar-refractivity contribution in [2.24, 2.45) is 5.10 Å². The summed E-state index contributed by atoms with van der Waals surface area (Å²) in [6.45, 7) is 0. The number of thiazole rings is 1. The first-order chi connectivity index (χ1) is 10.7. The van der Waals surface area contributed by atoms with Gasteiger partial charge in [-0.1, -0.05) is 39.4 Å². The highest BCUT2D eigenvalue weighted by molar-refractivity contribution is 9.10. The van der Waals surface area contributed by atoms with Gasteiger partial charge in [-0.25, -0.2) is 4.98 Å². The van der Waals surface area contributed by atoms with E-state index in [0.29, 0.717) is 16.4 Å². The third kappa shape index (κ3) is 3.05. The zero-order valence-corrected chi connectivity index (χ0v) is 14.0. The number of aromatic nitrogens is 1. The molecule has 22 heavy (non-hydrogen) atoms. The first-order valence-corrected chi connectivity index (χ1v) is 7.99. The number of nitrogens with one attached hydrogen (secondary N) is 1. The van der Waals surface area contributed by atoms with Crippen molar-refractivity contribution in [3.63, 3.8) is 0 Å². The van der Waals surface area contributed by atoms with Crippen LogP contribution in [-0.2, 0) is 0 Å². The fourth-order valence-corrected chi connectivity index (χ4v) is 3.20. The van der Waals surface area contributed by atoms with Gasteiger partial charge in [-0.2, -0.15) is 5.10 Å². The summed E-state index contributed by atoms with van der Waals surface area (Å²) in [5.74, 6) is 0.427. The Bertz CT molecular complexity index is 815. The third-order valence-electron chi connectivity index (χ3n) is 2.95. The average Bonchev–Trinajstić information content (AvgIpc) is 2.93. The molecule has 5 nitrogen and oxygen atoms in total. The van der Waals surface area contributed by atoms with Crippen LogP contribution in [0.25, 0.3) is 10.2 Å². The van der Waals surface area contributed by atoms with Gasteiger partial charge >= 0.3 is 0 Å². The Hall–Kier alpha value is -2.12. The summed E-state index contributed by atoms with van der Waals surface area (Å²) in [5.41, 5.74) is 4.35. The van der Waals surface area contributed by atoms with E-state index in [1.165, 1.54) is 24.7 Å². The monoisotopic (exact) mass is 377 g/mol. The van der Waals surface area contributed by atoms with Gasteiger partial charge in [0, 0.05) is 10.0 Å². The van der Waals surface area contributed by atoms with Crippen molar-refractivity contribution in [1.29, 1.82) is 0 Å². The number of nitrogens with zero attached hydrogens (tertiary/aromatic N) is 2. The number of aromatic hydroxyl groups is 1. The first kappa shape index (κ1) is 14.8. The highest BCUT2D eigenvalue weighted by Gasteiger charge is 2.08. The van der Waals surface area contributed by atoms with E-state index in [0.717, 1.165) is 14.7 Å². The number of hydrazone groups is 1. The second-order valence-electron chi connectivity index (χ2n) is 4.40. The molecular weight excluding hydrogens is 366 g/mol. The summed E-state index contributed by atoms with van der Waals surface area (Å²) in [5, 5.41) is 14.9. The van der Waals surface area contributed by atoms with Crippen LogP contribution in [0.3, 0.4) is 0 Å². The Morgan fingerprint density at radius 3 is 2.95 bits per heavy atom. The fraction of sp³-hybridized carbons (Fsp3) is 0.0667. The second kappa shape index (κ2) is 6.33. The maximum atomic E-state index is 10.0. The molecule has 0 spiro atoms. The van der Waals surface area contributed by atoms with Gasteiger partial charge in [-0.15, -0.1) is 0 Å². The molecule has 2 N–H and O–H groups in total. The van der Waals surface area contributed by atoms with Crippen LogP contribution in [-0.4, -0.2) is 23.4 Å². The van der Waals surface area contributed by atoms with E-state index in [4.69, 9.17) is 4.74 Å². The molecular formula is C15H12BrN3O2S. The minimum atomic E-state index is 0.0422. The molecule has 0 unspecified atom stereocenters. The van der Waals surface area contributed by atoms with Crippen LogP contribution < -0.4 is 10.2 Å². The lowest BCUT2D eigenvalue weighted by molar-refractivity contribution is 0.373. The van der Waals surface area contributed by atoms with Gasteiger partial charge in [0.2, 0.25) is 5.13 Å². The molecule has 3 aromatic rings. The van der Waals surface area contributed by atoms with E-state index in [9.17, 15) is 5.11 Å². The maximum Gasteiger partial charge on any atom is 0.204 e. The van der Waals surface area contributed by atoms with Crippen LogP contribution in [0.5, 0.6) is 11.5 Å². The molecule has 0 bridgehead atoms. The van der Waals surface area contributed by atoms with E-state index in [1.54, 1.807) is 12.1 Å². The smallest absolute Gasteiger partial charge is 0.204 e. The Morgan fingerprint density at radius 2 is 2.18 bits per heavy atom. The Labute approximate surface area is 139 Å². The molecule has 0 aliphatic carbocycles. The van der Waals surface area contributed by atoms with Crippen molar-refractivity contribution >= 4 is 48.8 Å². The predicted molar refractivity (Wildman–Crippen MR) is 93.2 cm³/mol. The van der Waals surface area contributed by atoms with E-state index in [1.807, 2.05) is 24.3 Å². The molecule has 0 saturated carbocycles. The van der Waals surface area contributed by atoms with Crippen molar-refractivity contribution in [3.8, 4) is 11.5 Å². The Balaban J connectivity index is 1.81. The molecule has 0 saturated heterocycles. The molecule has 0 fully saturated rings. The van der Waals surface area contributed by atoms with Crippen molar-refractivity contribution in [2.75, 3.05) is 12.5 Å². The predicted octanol–water partition coefficient (Wildman–Crippen LogP) is 4.22. The number of benzene rings is 2. The number of phenols is 1. The molecule has 112 valence electrons. The summed E-state index contributed by atoms with van der Waals surface area (Å²) in [6, 6.07) is 11.3. The van der Waals surface area contributed by atoms with Gasteiger partial charge in [-0.05, 0) is 24.3 Å². The number of fused-ring (bicyclic) bond motifs is 1. The molecule has 3 rings (SSSR count). The number of phenolic OH excluding ortho intramolecular Hbond substituents is 1. The number of anilines is 1. The van der Waals surface area contributed by atoms with E-state index in [-0.39, 0.29) is 5.75 Å². The van der Waals surface area contributed by atoms with Crippen LogP contribution in [0.1, 0.15) is 5.56 Å². The van der Waals surface area contributed by atoms with Crippen LogP contribution in [0, 0.1) is 0 Å². The van der Waals surface area contributed by atoms with Crippen LogP contribution in [0.15, 0.2) is 46.0 Å². The number of hydrogen-bond donors (Lipinski definition) is 2. The van der Waals surface area contributed by atoms with Crippen LogP contribution in [0.4, 0.5) is 5.13 Å². The lowest BCUT2D eigenvalue weighted by Gasteiger charge is -2.06. The standard InChI is InChI=1S/C15H12BrN3O2S/c1-21-12-7-10(16)6-9(14(12)20)8-17-19-15-18-11-4-2-3-5-13(11)22-15/h2-8,20H,1H3,(H,18,19)/b17-8-. The number of para-hydroxylation sites is 1. The van der Waals surface area contributed by atoms with Gasteiger partial charge in [-0.3, -0.25) is 5.43 Å². The number of hydrogen-bond acceptors (Lipinski definition) is 6. The molecule has 1 heterocycles. The van der Waals surface area contributed by atoms with Crippen LogP contribution in [0.2, 0.25) is 0 Å². The molecule has 0 amide bonds.